The van der Waals surface area contributed by atoms with Gasteiger partial charge in [-0.1, -0.05) is 30.3 Å². The summed E-state index contributed by atoms with van der Waals surface area (Å²) in [6, 6.07) is 14.0. The van der Waals surface area contributed by atoms with Crippen LogP contribution in [-0.4, -0.2) is 41.3 Å². The first-order valence-electron chi connectivity index (χ1n) is 9.16. The molecule has 3 heterocycles. The van der Waals surface area contributed by atoms with E-state index in [0.717, 1.165) is 32.4 Å². The highest BCUT2D eigenvalue weighted by Crippen LogP contribution is 2.25. The van der Waals surface area contributed by atoms with Crippen molar-refractivity contribution in [2.75, 3.05) is 19.7 Å². The summed E-state index contributed by atoms with van der Waals surface area (Å²) in [4.78, 5) is 30.6. The number of ether oxygens (including phenoxy) is 1. The predicted octanol–water partition coefficient (Wildman–Crippen LogP) is 2.68. The van der Waals surface area contributed by atoms with Gasteiger partial charge < -0.3 is 9.64 Å². The number of likely N-dealkylation sites (tertiary alicyclic amines) is 1. The first-order valence-corrected chi connectivity index (χ1v) is 9.16. The van der Waals surface area contributed by atoms with Gasteiger partial charge in [0.15, 0.2) is 5.78 Å². The zero-order chi connectivity index (χ0) is 17.9. The van der Waals surface area contributed by atoms with E-state index in [9.17, 15) is 9.59 Å². The third-order valence-corrected chi connectivity index (χ3v) is 5.17. The molecule has 2 aliphatic rings. The van der Waals surface area contributed by atoms with E-state index in [1.54, 1.807) is 12.1 Å². The smallest absolute Gasteiger partial charge is 0.272 e. The van der Waals surface area contributed by atoms with Crippen molar-refractivity contribution in [3.63, 3.8) is 0 Å². The van der Waals surface area contributed by atoms with Crippen LogP contribution in [0.15, 0.2) is 42.5 Å². The van der Waals surface area contributed by atoms with Gasteiger partial charge in [-0.15, -0.1) is 0 Å². The molecule has 0 N–H and O–H groups in total. The van der Waals surface area contributed by atoms with E-state index in [2.05, 4.69) is 29.2 Å². The summed E-state index contributed by atoms with van der Waals surface area (Å²) >= 11 is 0. The van der Waals surface area contributed by atoms with Gasteiger partial charge >= 0.3 is 0 Å². The first-order chi connectivity index (χ1) is 12.7. The number of rotatable bonds is 3. The third-order valence-electron chi connectivity index (χ3n) is 5.17. The number of piperidine rings is 1. The monoisotopic (exact) mass is 350 g/mol. The number of amides is 1. The van der Waals surface area contributed by atoms with Crippen molar-refractivity contribution in [3.05, 3.63) is 59.4 Å². The van der Waals surface area contributed by atoms with Gasteiger partial charge in [0.1, 0.15) is 18.1 Å². The highest BCUT2D eigenvalue weighted by molar-refractivity contribution is 5.93. The quantitative estimate of drug-likeness (QED) is 0.854. The molecule has 1 amide bonds. The van der Waals surface area contributed by atoms with Gasteiger partial charge in [-0.2, -0.15) is 0 Å². The zero-order valence-corrected chi connectivity index (χ0v) is 14.7. The molecule has 134 valence electrons. The minimum atomic E-state index is -0.0519. The number of aromatic nitrogens is 1. The standard InChI is InChI=1S/C21H22N2O3/c24-17-13-19-20(26-14-17)7-6-18(22-19)21(25)23-10-8-16(9-11-23)12-15-4-2-1-3-5-15/h1-7,16H,8-14H2. The molecule has 1 saturated heterocycles. The molecule has 0 bridgehead atoms. The van der Waals surface area contributed by atoms with Gasteiger partial charge in [-0.25, -0.2) is 4.98 Å². The topological polar surface area (TPSA) is 59.5 Å². The molecule has 1 fully saturated rings. The van der Waals surface area contributed by atoms with Crippen LogP contribution in [0.4, 0.5) is 0 Å². The van der Waals surface area contributed by atoms with Crippen molar-refractivity contribution in [2.45, 2.75) is 25.7 Å². The molecule has 0 radical (unpaired) electrons. The molecule has 2 aliphatic heterocycles. The van der Waals surface area contributed by atoms with E-state index >= 15 is 0 Å². The molecule has 0 saturated carbocycles. The number of benzene rings is 1. The Balaban J connectivity index is 1.38. The van der Waals surface area contributed by atoms with Crippen molar-refractivity contribution in [1.82, 2.24) is 9.88 Å². The van der Waals surface area contributed by atoms with Crippen LogP contribution in [0, 0.1) is 5.92 Å². The lowest BCUT2D eigenvalue weighted by molar-refractivity contribution is -0.121. The summed E-state index contributed by atoms with van der Waals surface area (Å²) < 4.78 is 5.35. The molecule has 0 unspecified atom stereocenters. The Morgan fingerprint density at radius 1 is 1.12 bits per heavy atom. The van der Waals surface area contributed by atoms with Gasteiger partial charge in [-0.05, 0) is 42.9 Å². The molecule has 1 aromatic heterocycles. The maximum absolute atomic E-state index is 12.8. The van der Waals surface area contributed by atoms with Gasteiger partial charge in [0.2, 0.25) is 0 Å². The Morgan fingerprint density at radius 2 is 1.88 bits per heavy atom. The number of hydrogen-bond donors (Lipinski definition) is 0. The van der Waals surface area contributed by atoms with E-state index < -0.39 is 0 Å². The number of carbonyl (C=O) groups is 2. The van der Waals surface area contributed by atoms with Crippen LogP contribution in [0.3, 0.4) is 0 Å². The SMILES string of the molecule is O=C1COc2ccc(C(=O)N3CCC(Cc4ccccc4)CC3)nc2C1. The number of fused-ring (bicyclic) bond motifs is 1. The van der Waals surface area contributed by atoms with Crippen molar-refractivity contribution < 1.29 is 14.3 Å². The molecule has 4 rings (SSSR count). The fourth-order valence-electron chi connectivity index (χ4n) is 3.71. The third kappa shape index (κ3) is 3.62. The average molecular weight is 350 g/mol. The lowest BCUT2D eigenvalue weighted by Crippen LogP contribution is -2.39. The maximum atomic E-state index is 12.8. The van der Waals surface area contributed by atoms with E-state index in [4.69, 9.17) is 4.74 Å². The Hall–Kier alpha value is -2.69. The van der Waals surface area contributed by atoms with Crippen molar-refractivity contribution in [3.8, 4) is 5.75 Å². The molecule has 0 aliphatic carbocycles. The van der Waals surface area contributed by atoms with Crippen LogP contribution in [-0.2, 0) is 17.6 Å². The number of pyridine rings is 1. The van der Waals surface area contributed by atoms with Gasteiger partial charge in [-0.3, -0.25) is 9.59 Å². The number of hydrogen-bond acceptors (Lipinski definition) is 4. The van der Waals surface area contributed by atoms with Crippen LogP contribution in [0.1, 0.15) is 34.6 Å². The van der Waals surface area contributed by atoms with Crippen LogP contribution >= 0.6 is 0 Å². The number of Topliss-reactive ketones (excluding diaryl/α,β-unsaturated/α-hetero) is 1. The normalized spacial score (nSPS) is 17.5. The highest BCUT2D eigenvalue weighted by atomic mass is 16.5. The lowest BCUT2D eigenvalue weighted by Gasteiger charge is -2.32. The Kier molecular flexibility index (Phi) is 4.69. The largest absolute Gasteiger partial charge is 0.484 e. The Bertz CT molecular complexity index is 811. The summed E-state index contributed by atoms with van der Waals surface area (Å²) in [6.45, 7) is 1.60. The molecule has 5 nitrogen and oxygen atoms in total. The average Bonchev–Trinajstić information content (AvgIpc) is 2.68. The van der Waals surface area contributed by atoms with Crippen molar-refractivity contribution in [1.29, 1.82) is 0 Å². The summed E-state index contributed by atoms with van der Waals surface area (Å²) in [5.74, 6) is 1.17. The fourth-order valence-corrected chi connectivity index (χ4v) is 3.71. The van der Waals surface area contributed by atoms with Crippen LogP contribution < -0.4 is 4.74 Å². The minimum Gasteiger partial charge on any atom is -0.484 e. The van der Waals surface area contributed by atoms with Crippen LogP contribution in [0.2, 0.25) is 0 Å². The van der Waals surface area contributed by atoms with Crippen LogP contribution in [0.5, 0.6) is 5.75 Å². The molecule has 26 heavy (non-hydrogen) atoms. The molecule has 0 spiro atoms. The summed E-state index contributed by atoms with van der Waals surface area (Å²) in [6.07, 6.45) is 3.33. The Morgan fingerprint density at radius 3 is 2.65 bits per heavy atom. The number of ketones is 1. The lowest BCUT2D eigenvalue weighted by atomic mass is 9.90. The second-order valence-electron chi connectivity index (χ2n) is 7.07. The molecular formula is C21H22N2O3. The fraction of sp³-hybridized carbons (Fsp3) is 0.381. The summed E-state index contributed by atoms with van der Waals surface area (Å²) in [7, 11) is 0. The van der Waals surface area contributed by atoms with E-state index in [1.165, 1.54) is 5.56 Å². The zero-order valence-electron chi connectivity index (χ0n) is 14.7. The van der Waals surface area contributed by atoms with Crippen LogP contribution in [0.25, 0.3) is 0 Å². The minimum absolute atomic E-state index is 0.00340. The van der Waals surface area contributed by atoms with Gasteiger partial charge in [0.25, 0.3) is 5.91 Å². The van der Waals surface area contributed by atoms with E-state index in [0.29, 0.717) is 23.1 Å². The molecule has 5 heteroatoms. The van der Waals surface area contributed by atoms with E-state index in [-0.39, 0.29) is 24.7 Å². The first kappa shape index (κ1) is 16.8. The predicted molar refractivity (Wildman–Crippen MR) is 97.2 cm³/mol. The van der Waals surface area contributed by atoms with Crippen molar-refractivity contribution in [2.24, 2.45) is 5.92 Å². The second-order valence-corrected chi connectivity index (χ2v) is 7.07. The van der Waals surface area contributed by atoms with Gasteiger partial charge in [0, 0.05) is 13.1 Å². The van der Waals surface area contributed by atoms with Gasteiger partial charge in [0.05, 0.1) is 12.1 Å². The summed E-state index contributed by atoms with van der Waals surface area (Å²) in [5.41, 5.74) is 2.34. The van der Waals surface area contributed by atoms with E-state index in [1.807, 2.05) is 11.0 Å². The summed E-state index contributed by atoms with van der Waals surface area (Å²) in [5, 5.41) is 0. The second kappa shape index (κ2) is 7.28. The highest BCUT2D eigenvalue weighted by Gasteiger charge is 2.26. The maximum Gasteiger partial charge on any atom is 0.272 e. The number of nitrogens with zero attached hydrogens (tertiary/aromatic N) is 2. The molecular weight excluding hydrogens is 328 g/mol. The molecule has 1 aromatic carbocycles. The number of carbonyl (C=O) groups excluding carboxylic acids is 2. The Labute approximate surface area is 153 Å². The molecule has 0 atom stereocenters. The van der Waals surface area contributed by atoms with Crippen molar-refractivity contribution >= 4 is 11.7 Å². The molecule has 2 aromatic rings.